The maximum Gasteiger partial charge on any atom is 0.416 e. The molecule has 0 fully saturated rings. The van der Waals surface area contributed by atoms with Gasteiger partial charge < -0.3 is 0 Å². The normalized spacial score (nSPS) is 11.6. The molecule has 1 heterocycles. The Kier molecular flexibility index (Phi) is 4.38. The van der Waals surface area contributed by atoms with Crippen molar-refractivity contribution in [1.82, 2.24) is 5.43 Å². The molecule has 3 aromatic rings. The third kappa shape index (κ3) is 3.58. The molecule has 0 spiro atoms. The first-order chi connectivity index (χ1) is 11.8. The second-order valence-corrected chi connectivity index (χ2v) is 6.41. The number of rotatable bonds is 3. The van der Waals surface area contributed by atoms with Crippen molar-refractivity contribution >= 4 is 33.0 Å². The molecule has 3 rings (SSSR count). The topological polar surface area (TPSA) is 41.1 Å². The van der Waals surface area contributed by atoms with Crippen LogP contribution in [0.5, 0.6) is 0 Å². The molecule has 0 saturated heterocycles. The van der Waals surface area contributed by atoms with Crippen LogP contribution in [0.3, 0.4) is 0 Å². The van der Waals surface area contributed by atoms with E-state index >= 15 is 0 Å². The fraction of sp³-hybridized carbons (Fsp3) is 0.118. The molecular formula is C17H12F4N2OS. The van der Waals surface area contributed by atoms with Crippen molar-refractivity contribution in [3.63, 3.8) is 0 Å². The zero-order valence-electron chi connectivity index (χ0n) is 12.9. The summed E-state index contributed by atoms with van der Waals surface area (Å²) >= 11 is 1.18. The first-order valence-corrected chi connectivity index (χ1v) is 7.99. The Bertz CT molecular complexity index is 949. The van der Waals surface area contributed by atoms with Crippen LogP contribution in [0, 0.1) is 12.7 Å². The minimum absolute atomic E-state index is 0.105. The van der Waals surface area contributed by atoms with E-state index in [1.807, 2.05) is 0 Å². The maximum absolute atomic E-state index is 13.3. The Hall–Kier alpha value is -2.61. The van der Waals surface area contributed by atoms with E-state index in [-0.39, 0.29) is 5.69 Å². The fourth-order valence-electron chi connectivity index (χ4n) is 2.37. The van der Waals surface area contributed by atoms with E-state index in [9.17, 15) is 22.4 Å². The molecule has 8 heteroatoms. The molecule has 3 nitrogen and oxygen atoms in total. The number of aryl methyl sites for hydroxylation is 1. The number of hydrogen-bond donors (Lipinski definition) is 2. The largest absolute Gasteiger partial charge is 0.416 e. The van der Waals surface area contributed by atoms with Crippen LogP contribution in [0.2, 0.25) is 0 Å². The minimum Gasteiger partial charge on any atom is -0.298 e. The Morgan fingerprint density at radius 1 is 1.12 bits per heavy atom. The number of hydrogen-bond acceptors (Lipinski definition) is 3. The number of alkyl halides is 3. The number of thiophene rings is 1. The molecule has 0 aliphatic rings. The number of nitrogens with one attached hydrogen (secondary N) is 2. The average molecular weight is 368 g/mol. The van der Waals surface area contributed by atoms with E-state index in [4.69, 9.17) is 0 Å². The second-order valence-electron chi connectivity index (χ2n) is 5.35. The number of hydrazine groups is 1. The monoisotopic (exact) mass is 368 g/mol. The van der Waals surface area contributed by atoms with E-state index in [1.165, 1.54) is 35.6 Å². The van der Waals surface area contributed by atoms with Crippen LogP contribution in [0.4, 0.5) is 23.2 Å². The van der Waals surface area contributed by atoms with Crippen molar-refractivity contribution in [2.45, 2.75) is 13.1 Å². The van der Waals surface area contributed by atoms with Gasteiger partial charge in [0.05, 0.1) is 16.1 Å². The standard InChI is InChI=1S/C17H12F4N2OS/c1-9-13-8-11(18)5-6-14(13)25-15(9)16(24)23-22-12-4-2-3-10(7-12)17(19,20)21/h2-8,22H,1H3,(H,23,24). The van der Waals surface area contributed by atoms with E-state index in [0.29, 0.717) is 15.8 Å². The van der Waals surface area contributed by atoms with Gasteiger partial charge in [-0.1, -0.05) is 6.07 Å². The minimum atomic E-state index is -4.46. The summed E-state index contributed by atoms with van der Waals surface area (Å²) in [7, 11) is 0. The number of benzene rings is 2. The van der Waals surface area contributed by atoms with Crippen molar-refractivity contribution in [2.75, 3.05) is 5.43 Å². The number of halogens is 4. The van der Waals surface area contributed by atoms with Crippen molar-refractivity contribution in [1.29, 1.82) is 0 Å². The molecule has 2 N–H and O–H groups in total. The van der Waals surface area contributed by atoms with Crippen molar-refractivity contribution in [3.05, 3.63) is 64.3 Å². The van der Waals surface area contributed by atoms with Gasteiger partial charge >= 0.3 is 6.18 Å². The highest BCUT2D eigenvalue weighted by Gasteiger charge is 2.30. The summed E-state index contributed by atoms with van der Waals surface area (Å²) in [5.41, 5.74) is 4.74. The van der Waals surface area contributed by atoms with Crippen molar-refractivity contribution < 1.29 is 22.4 Å². The Morgan fingerprint density at radius 3 is 2.60 bits per heavy atom. The lowest BCUT2D eigenvalue weighted by atomic mass is 10.1. The summed E-state index contributed by atoms with van der Waals surface area (Å²) < 4.78 is 52.2. The molecule has 0 aliphatic carbocycles. The summed E-state index contributed by atoms with van der Waals surface area (Å²) in [6.45, 7) is 1.69. The summed E-state index contributed by atoms with van der Waals surface area (Å²) in [6, 6.07) is 8.72. The molecule has 25 heavy (non-hydrogen) atoms. The van der Waals surface area contributed by atoms with E-state index < -0.39 is 23.5 Å². The summed E-state index contributed by atoms with van der Waals surface area (Å²) in [5, 5.41) is 0.634. The molecule has 0 aliphatic heterocycles. The van der Waals surface area contributed by atoms with Crippen LogP contribution in [-0.4, -0.2) is 5.91 Å². The fourth-order valence-corrected chi connectivity index (χ4v) is 3.45. The summed E-state index contributed by atoms with van der Waals surface area (Å²) in [6.07, 6.45) is -4.46. The number of carbonyl (C=O) groups excluding carboxylic acids is 1. The van der Waals surface area contributed by atoms with Crippen LogP contribution >= 0.6 is 11.3 Å². The summed E-state index contributed by atoms with van der Waals surface area (Å²) in [4.78, 5) is 12.7. The highest BCUT2D eigenvalue weighted by Crippen LogP contribution is 2.32. The SMILES string of the molecule is Cc1c(C(=O)NNc2cccc(C(F)(F)F)c2)sc2ccc(F)cc12. The van der Waals surface area contributed by atoms with Crippen molar-refractivity contribution in [2.24, 2.45) is 0 Å². The summed E-state index contributed by atoms with van der Waals surface area (Å²) in [5.74, 6) is -0.904. The number of anilines is 1. The molecule has 0 radical (unpaired) electrons. The Labute approximate surface area is 144 Å². The Balaban J connectivity index is 1.78. The van der Waals surface area contributed by atoms with E-state index in [1.54, 1.807) is 13.0 Å². The van der Waals surface area contributed by atoms with Gasteiger partial charge in [0.2, 0.25) is 0 Å². The van der Waals surface area contributed by atoms with Crippen molar-refractivity contribution in [3.8, 4) is 0 Å². The number of carbonyl (C=O) groups is 1. The second kappa shape index (κ2) is 6.36. The van der Waals surface area contributed by atoms with E-state index in [0.717, 1.165) is 16.8 Å². The third-order valence-electron chi connectivity index (χ3n) is 3.61. The smallest absolute Gasteiger partial charge is 0.298 e. The van der Waals surface area contributed by atoms with Gasteiger partial charge in [-0.15, -0.1) is 11.3 Å². The van der Waals surface area contributed by atoms with Gasteiger partial charge in [-0.25, -0.2) is 4.39 Å². The molecule has 1 aromatic heterocycles. The number of amides is 1. The molecular weight excluding hydrogens is 356 g/mol. The predicted octanol–water partition coefficient (Wildman–Crippen LogP) is 5.12. The average Bonchev–Trinajstić information content (AvgIpc) is 2.89. The first-order valence-electron chi connectivity index (χ1n) is 7.18. The third-order valence-corrected chi connectivity index (χ3v) is 4.89. The van der Waals surface area contributed by atoms with Gasteiger partial charge in [0.15, 0.2) is 0 Å². The first kappa shape index (κ1) is 17.2. The maximum atomic E-state index is 13.3. The predicted molar refractivity (Wildman–Crippen MR) is 89.1 cm³/mol. The lowest BCUT2D eigenvalue weighted by molar-refractivity contribution is -0.137. The van der Waals surface area contributed by atoms with E-state index in [2.05, 4.69) is 10.9 Å². The molecule has 0 bridgehead atoms. The highest BCUT2D eigenvalue weighted by molar-refractivity contribution is 7.21. The van der Waals surface area contributed by atoms with Gasteiger partial charge in [0.1, 0.15) is 5.82 Å². The molecule has 0 unspecified atom stereocenters. The van der Waals surface area contributed by atoms with Crippen LogP contribution in [0.25, 0.3) is 10.1 Å². The van der Waals surface area contributed by atoms with Gasteiger partial charge in [-0.2, -0.15) is 13.2 Å². The highest BCUT2D eigenvalue weighted by atomic mass is 32.1. The van der Waals surface area contributed by atoms with Crippen LogP contribution in [0.15, 0.2) is 42.5 Å². The zero-order chi connectivity index (χ0) is 18.2. The van der Waals surface area contributed by atoms with Gasteiger partial charge in [0.25, 0.3) is 5.91 Å². The quantitative estimate of drug-likeness (QED) is 0.497. The van der Waals surface area contributed by atoms with Crippen LogP contribution in [0.1, 0.15) is 20.8 Å². The number of fused-ring (bicyclic) bond motifs is 1. The van der Waals surface area contributed by atoms with Crippen LogP contribution in [-0.2, 0) is 6.18 Å². The lowest BCUT2D eigenvalue weighted by Crippen LogP contribution is -2.29. The van der Waals surface area contributed by atoms with Gasteiger partial charge in [0, 0.05) is 4.70 Å². The molecule has 1 amide bonds. The van der Waals surface area contributed by atoms with Gasteiger partial charge in [-0.05, 0) is 54.3 Å². The lowest BCUT2D eigenvalue weighted by Gasteiger charge is -2.11. The molecule has 0 atom stereocenters. The van der Waals surface area contributed by atoms with Crippen LogP contribution < -0.4 is 10.9 Å². The molecule has 2 aromatic carbocycles. The molecule has 130 valence electrons. The Morgan fingerprint density at radius 2 is 1.88 bits per heavy atom. The van der Waals surface area contributed by atoms with Gasteiger partial charge in [-0.3, -0.25) is 15.6 Å². The molecule has 0 saturated carbocycles. The zero-order valence-corrected chi connectivity index (χ0v) is 13.7.